The van der Waals surface area contributed by atoms with Crippen LogP contribution < -0.4 is 5.56 Å². The highest BCUT2D eigenvalue weighted by Gasteiger charge is 2.11. The molecule has 108 valence electrons. The standard InChI is InChI=1S/C17H13N3OS/c18-11-6-12-19-15-10-5-4-9-14(15)16(21)20(17(19)22)13-7-2-1-3-8-13/h1-5,7-10H,6,12H2. The van der Waals surface area contributed by atoms with Gasteiger partial charge in [0.25, 0.3) is 5.56 Å². The summed E-state index contributed by atoms with van der Waals surface area (Å²) in [5.74, 6) is 0. The molecule has 0 radical (unpaired) electrons. The highest BCUT2D eigenvalue weighted by atomic mass is 32.1. The number of rotatable bonds is 3. The van der Waals surface area contributed by atoms with Gasteiger partial charge < -0.3 is 4.57 Å². The molecule has 0 saturated heterocycles. The third-order valence-electron chi connectivity index (χ3n) is 3.51. The number of aromatic nitrogens is 2. The van der Waals surface area contributed by atoms with Gasteiger partial charge in [-0.25, -0.2) is 0 Å². The molecule has 0 aliphatic rings. The Balaban J connectivity index is 2.41. The van der Waals surface area contributed by atoms with E-state index in [4.69, 9.17) is 17.5 Å². The van der Waals surface area contributed by atoms with Crippen LogP contribution in [0, 0.1) is 16.1 Å². The lowest BCUT2D eigenvalue weighted by molar-refractivity contribution is 0.684. The SMILES string of the molecule is N#CCCn1c(=S)n(-c2ccccc2)c(=O)c2ccccc21. The third-order valence-corrected chi connectivity index (χ3v) is 3.92. The average molecular weight is 307 g/mol. The van der Waals surface area contributed by atoms with Gasteiger partial charge in [0.1, 0.15) is 0 Å². The number of aryl methyl sites for hydroxylation is 1. The molecule has 5 heteroatoms. The fourth-order valence-electron chi connectivity index (χ4n) is 2.50. The maximum atomic E-state index is 12.8. The quantitative estimate of drug-likeness (QED) is 0.697. The van der Waals surface area contributed by atoms with E-state index in [-0.39, 0.29) is 5.56 Å². The van der Waals surface area contributed by atoms with Crippen molar-refractivity contribution in [2.24, 2.45) is 0 Å². The lowest BCUT2D eigenvalue weighted by Crippen LogP contribution is -2.24. The Labute approximate surface area is 132 Å². The van der Waals surface area contributed by atoms with Crippen LogP contribution in [-0.4, -0.2) is 9.13 Å². The van der Waals surface area contributed by atoms with Crippen LogP contribution in [0.25, 0.3) is 16.6 Å². The lowest BCUT2D eigenvalue weighted by Gasteiger charge is -2.15. The number of hydrogen-bond acceptors (Lipinski definition) is 3. The smallest absolute Gasteiger partial charge is 0.266 e. The lowest BCUT2D eigenvalue weighted by atomic mass is 10.2. The second kappa shape index (κ2) is 5.96. The molecule has 0 saturated carbocycles. The predicted molar refractivity (Wildman–Crippen MR) is 88.6 cm³/mol. The minimum Gasteiger partial charge on any atom is -0.316 e. The van der Waals surface area contributed by atoms with E-state index in [9.17, 15) is 4.79 Å². The van der Waals surface area contributed by atoms with E-state index in [1.165, 1.54) is 4.57 Å². The van der Waals surface area contributed by atoms with Crippen LogP contribution in [0.5, 0.6) is 0 Å². The maximum Gasteiger partial charge on any atom is 0.266 e. The zero-order valence-electron chi connectivity index (χ0n) is 11.8. The summed E-state index contributed by atoms with van der Waals surface area (Å²) in [5, 5.41) is 9.46. The number of hydrogen-bond donors (Lipinski definition) is 0. The van der Waals surface area contributed by atoms with Gasteiger partial charge in [-0.2, -0.15) is 5.26 Å². The summed E-state index contributed by atoms with van der Waals surface area (Å²) in [6.07, 6.45) is 0.339. The number of benzene rings is 2. The second-order valence-electron chi connectivity index (χ2n) is 4.84. The van der Waals surface area contributed by atoms with Gasteiger partial charge in [-0.3, -0.25) is 9.36 Å². The van der Waals surface area contributed by atoms with E-state index < -0.39 is 0 Å². The molecule has 0 atom stereocenters. The summed E-state index contributed by atoms with van der Waals surface area (Å²) in [5.41, 5.74) is 1.36. The average Bonchev–Trinajstić information content (AvgIpc) is 2.56. The molecular formula is C17H13N3OS. The third kappa shape index (κ3) is 2.34. The van der Waals surface area contributed by atoms with Gasteiger partial charge >= 0.3 is 0 Å². The van der Waals surface area contributed by atoms with Crippen molar-refractivity contribution in [3.8, 4) is 11.8 Å². The fourth-order valence-corrected chi connectivity index (χ4v) is 2.88. The van der Waals surface area contributed by atoms with E-state index in [1.807, 2.05) is 53.1 Å². The molecular weight excluding hydrogens is 294 g/mol. The van der Waals surface area contributed by atoms with Gasteiger partial charge in [-0.15, -0.1) is 0 Å². The molecule has 0 amide bonds. The van der Waals surface area contributed by atoms with Crippen molar-refractivity contribution in [2.75, 3.05) is 0 Å². The largest absolute Gasteiger partial charge is 0.316 e. The van der Waals surface area contributed by atoms with Crippen LogP contribution in [0.3, 0.4) is 0 Å². The van der Waals surface area contributed by atoms with Crippen LogP contribution in [0.1, 0.15) is 6.42 Å². The number of nitriles is 1. The highest BCUT2D eigenvalue weighted by molar-refractivity contribution is 7.71. The fraction of sp³-hybridized carbons (Fsp3) is 0.118. The van der Waals surface area contributed by atoms with Gasteiger partial charge in [0.15, 0.2) is 4.77 Å². The molecule has 0 unspecified atom stereocenters. The molecule has 4 nitrogen and oxygen atoms in total. The summed E-state index contributed by atoms with van der Waals surface area (Å²) in [6.45, 7) is 0.461. The Kier molecular flexibility index (Phi) is 3.86. The highest BCUT2D eigenvalue weighted by Crippen LogP contribution is 2.14. The number of nitrogens with zero attached hydrogens (tertiary/aromatic N) is 3. The van der Waals surface area contributed by atoms with E-state index in [1.54, 1.807) is 6.07 Å². The molecule has 1 aromatic heterocycles. The Morgan fingerprint density at radius 3 is 2.45 bits per heavy atom. The summed E-state index contributed by atoms with van der Waals surface area (Å²) in [4.78, 5) is 12.8. The molecule has 1 heterocycles. The van der Waals surface area contributed by atoms with Gasteiger partial charge in [0, 0.05) is 6.54 Å². The summed E-state index contributed by atoms with van der Waals surface area (Å²) in [7, 11) is 0. The summed E-state index contributed by atoms with van der Waals surface area (Å²) < 4.78 is 3.78. The van der Waals surface area contributed by atoms with Crippen LogP contribution in [0.4, 0.5) is 0 Å². The predicted octanol–water partition coefficient (Wildman–Crippen LogP) is 3.44. The van der Waals surface area contributed by atoms with E-state index in [0.717, 1.165) is 11.2 Å². The Bertz CT molecular complexity index is 981. The molecule has 3 rings (SSSR count). The molecule has 0 fully saturated rings. The Morgan fingerprint density at radius 1 is 1.05 bits per heavy atom. The minimum absolute atomic E-state index is 0.139. The first kappa shape index (κ1) is 14.2. The van der Waals surface area contributed by atoms with Crippen LogP contribution in [0.15, 0.2) is 59.4 Å². The van der Waals surface area contributed by atoms with Crippen LogP contribution >= 0.6 is 12.2 Å². The first-order valence-corrected chi connectivity index (χ1v) is 7.32. The molecule has 0 bridgehead atoms. The number of fused-ring (bicyclic) bond motifs is 1. The van der Waals surface area contributed by atoms with Gasteiger partial charge in [-0.1, -0.05) is 30.3 Å². The Morgan fingerprint density at radius 2 is 1.73 bits per heavy atom. The monoisotopic (exact) mass is 307 g/mol. The first-order chi connectivity index (χ1) is 10.7. The van der Waals surface area contributed by atoms with Crippen molar-refractivity contribution in [3.63, 3.8) is 0 Å². The van der Waals surface area contributed by atoms with Crippen LogP contribution in [0.2, 0.25) is 0 Å². The van der Waals surface area contributed by atoms with Gasteiger partial charge in [0.05, 0.1) is 29.1 Å². The van der Waals surface area contributed by atoms with Crippen molar-refractivity contribution in [3.05, 3.63) is 69.7 Å². The first-order valence-electron chi connectivity index (χ1n) is 6.91. The molecule has 22 heavy (non-hydrogen) atoms. The molecule has 2 aromatic carbocycles. The zero-order chi connectivity index (χ0) is 15.5. The molecule has 0 aliphatic heterocycles. The van der Waals surface area contributed by atoms with Crippen molar-refractivity contribution in [1.29, 1.82) is 5.26 Å². The normalized spacial score (nSPS) is 10.5. The molecule has 3 aromatic rings. The van der Waals surface area contributed by atoms with Gasteiger partial charge in [0.2, 0.25) is 0 Å². The molecule has 0 spiro atoms. The van der Waals surface area contributed by atoms with Crippen molar-refractivity contribution >= 4 is 23.1 Å². The van der Waals surface area contributed by atoms with Crippen molar-refractivity contribution < 1.29 is 0 Å². The van der Waals surface area contributed by atoms with E-state index in [2.05, 4.69) is 6.07 Å². The summed E-state index contributed by atoms with van der Waals surface area (Å²) in [6, 6.07) is 18.8. The van der Waals surface area contributed by atoms with Crippen LogP contribution in [-0.2, 0) is 6.54 Å². The zero-order valence-corrected chi connectivity index (χ0v) is 12.6. The maximum absolute atomic E-state index is 12.8. The summed E-state index contributed by atoms with van der Waals surface area (Å²) >= 11 is 5.52. The molecule has 0 N–H and O–H groups in total. The van der Waals surface area contributed by atoms with Gasteiger partial charge in [-0.05, 0) is 36.5 Å². The van der Waals surface area contributed by atoms with Crippen molar-refractivity contribution in [1.82, 2.24) is 9.13 Å². The van der Waals surface area contributed by atoms with E-state index >= 15 is 0 Å². The number of para-hydroxylation sites is 2. The second-order valence-corrected chi connectivity index (χ2v) is 5.20. The van der Waals surface area contributed by atoms with Crippen molar-refractivity contribution in [2.45, 2.75) is 13.0 Å². The molecule has 0 aliphatic carbocycles. The Hall–Kier alpha value is -2.71. The van der Waals surface area contributed by atoms with E-state index in [0.29, 0.717) is 23.1 Å². The minimum atomic E-state index is -0.139. The topological polar surface area (TPSA) is 50.7 Å².